The number of esters is 1. The molecule has 0 aromatic rings. The number of carbonyl (C=O) groups excluding carboxylic acids is 1. The zero-order valence-corrected chi connectivity index (χ0v) is 12.3. The second-order valence-electron chi connectivity index (χ2n) is 6.00. The molecule has 0 radical (unpaired) electrons. The van der Waals surface area contributed by atoms with E-state index in [1.165, 1.54) is 0 Å². The number of carbonyl (C=O) groups is 1. The van der Waals surface area contributed by atoms with Gasteiger partial charge in [0.25, 0.3) is 0 Å². The SMILES string of the molecule is CCOC(=O)[C@@H]1CC2(COCCCN(C)C)CC2N1. The molecule has 5 nitrogen and oxygen atoms in total. The van der Waals surface area contributed by atoms with Gasteiger partial charge in [0.2, 0.25) is 0 Å². The maximum Gasteiger partial charge on any atom is 0.323 e. The molecule has 1 aliphatic carbocycles. The van der Waals surface area contributed by atoms with Gasteiger partial charge < -0.3 is 19.7 Å². The van der Waals surface area contributed by atoms with Gasteiger partial charge in [0.05, 0.1) is 13.2 Å². The summed E-state index contributed by atoms with van der Waals surface area (Å²) in [5.74, 6) is -0.110. The summed E-state index contributed by atoms with van der Waals surface area (Å²) in [6.07, 6.45) is 3.06. The van der Waals surface area contributed by atoms with E-state index < -0.39 is 0 Å². The van der Waals surface area contributed by atoms with E-state index in [1.54, 1.807) is 0 Å². The van der Waals surface area contributed by atoms with Gasteiger partial charge in [-0.3, -0.25) is 4.79 Å². The number of ether oxygens (including phenoxy) is 2. The standard InChI is InChI=1S/C14H26N2O3/c1-4-19-13(17)11-8-14(9-12(14)15-11)10-18-7-5-6-16(2)3/h11-12,15H,4-10H2,1-3H3/t11-,12?,14?/m0/s1. The van der Waals surface area contributed by atoms with Crippen molar-refractivity contribution in [2.45, 2.75) is 38.3 Å². The zero-order valence-electron chi connectivity index (χ0n) is 12.3. The molecular formula is C14H26N2O3. The zero-order chi connectivity index (χ0) is 13.9. The molecule has 0 aromatic carbocycles. The maximum absolute atomic E-state index is 11.7. The molecule has 0 aromatic heterocycles. The van der Waals surface area contributed by atoms with Crippen molar-refractivity contribution in [2.24, 2.45) is 5.41 Å². The minimum absolute atomic E-state index is 0.110. The molecule has 19 heavy (non-hydrogen) atoms. The summed E-state index contributed by atoms with van der Waals surface area (Å²) in [6.45, 7) is 4.93. The lowest BCUT2D eigenvalue weighted by Crippen LogP contribution is -2.35. The van der Waals surface area contributed by atoms with Crippen LogP contribution in [-0.2, 0) is 14.3 Å². The third-order valence-electron chi connectivity index (χ3n) is 4.06. The van der Waals surface area contributed by atoms with Gasteiger partial charge in [-0.05, 0) is 46.8 Å². The lowest BCUT2D eigenvalue weighted by Gasteiger charge is -2.16. The Hall–Kier alpha value is -0.650. The fraction of sp³-hybridized carbons (Fsp3) is 0.929. The Labute approximate surface area is 115 Å². The van der Waals surface area contributed by atoms with Gasteiger partial charge in [-0.15, -0.1) is 0 Å². The summed E-state index contributed by atoms with van der Waals surface area (Å²) in [7, 11) is 4.14. The van der Waals surface area contributed by atoms with E-state index >= 15 is 0 Å². The van der Waals surface area contributed by atoms with Crippen LogP contribution in [0.5, 0.6) is 0 Å². The molecule has 0 bridgehead atoms. The summed E-state index contributed by atoms with van der Waals surface area (Å²) < 4.78 is 10.8. The number of hydrogen-bond donors (Lipinski definition) is 1. The maximum atomic E-state index is 11.7. The van der Waals surface area contributed by atoms with E-state index in [-0.39, 0.29) is 17.4 Å². The fourth-order valence-electron chi connectivity index (χ4n) is 2.89. The molecule has 110 valence electrons. The number of nitrogens with one attached hydrogen (secondary N) is 1. The Morgan fingerprint density at radius 3 is 2.89 bits per heavy atom. The van der Waals surface area contributed by atoms with Crippen molar-refractivity contribution in [3.63, 3.8) is 0 Å². The van der Waals surface area contributed by atoms with Crippen LogP contribution >= 0.6 is 0 Å². The van der Waals surface area contributed by atoms with Gasteiger partial charge in [-0.2, -0.15) is 0 Å². The van der Waals surface area contributed by atoms with Crippen LogP contribution in [0.15, 0.2) is 0 Å². The first-order valence-corrected chi connectivity index (χ1v) is 7.22. The Balaban J connectivity index is 1.64. The predicted octanol–water partition coefficient (Wildman–Crippen LogP) is 0.638. The number of fused-ring (bicyclic) bond motifs is 1. The van der Waals surface area contributed by atoms with E-state index in [0.29, 0.717) is 12.6 Å². The topological polar surface area (TPSA) is 50.8 Å². The number of rotatable bonds is 8. The third-order valence-corrected chi connectivity index (χ3v) is 4.06. The molecule has 1 heterocycles. The average Bonchev–Trinajstić information content (AvgIpc) is 2.90. The number of hydrogen-bond acceptors (Lipinski definition) is 5. The van der Waals surface area contributed by atoms with Crippen molar-refractivity contribution in [1.29, 1.82) is 0 Å². The number of piperidine rings is 1. The van der Waals surface area contributed by atoms with Crippen LogP contribution in [0.25, 0.3) is 0 Å². The van der Waals surface area contributed by atoms with Gasteiger partial charge in [-0.25, -0.2) is 0 Å². The van der Waals surface area contributed by atoms with Crippen molar-refractivity contribution in [3.05, 3.63) is 0 Å². The second-order valence-corrected chi connectivity index (χ2v) is 6.00. The molecule has 0 amide bonds. The molecule has 2 unspecified atom stereocenters. The molecule has 2 aliphatic rings. The molecule has 2 fully saturated rings. The summed E-state index contributed by atoms with van der Waals surface area (Å²) in [4.78, 5) is 13.8. The highest BCUT2D eigenvalue weighted by atomic mass is 16.5. The van der Waals surface area contributed by atoms with Crippen LogP contribution in [0.1, 0.15) is 26.2 Å². The van der Waals surface area contributed by atoms with Crippen LogP contribution in [-0.4, -0.2) is 63.4 Å². The Morgan fingerprint density at radius 2 is 2.21 bits per heavy atom. The van der Waals surface area contributed by atoms with Crippen molar-refractivity contribution in [3.8, 4) is 0 Å². The highest BCUT2D eigenvalue weighted by Crippen LogP contribution is 2.54. The lowest BCUT2D eigenvalue weighted by molar-refractivity contribution is -0.145. The van der Waals surface area contributed by atoms with E-state index in [9.17, 15) is 4.79 Å². The van der Waals surface area contributed by atoms with Crippen LogP contribution in [0.2, 0.25) is 0 Å². The summed E-state index contributed by atoms with van der Waals surface area (Å²) in [5, 5.41) is 3.35. The molecule has 1 aliphatic heterocycles. The molecule has 1 saturated heterocycles. The van der Waals surface area contributed by atoms with Crippen LogP contribution in [0.4, 0.5) is 0 Å². The first-order valence-electron chi connectivity index (χ1n) is 7.22. The normalized spacial score (nSPS) is 32.4. The van der Waals surface area contributed by atoms with E-state index in [2.05, 4.69) is 24.3 Å². The summed E-state index contributed by atoms with van der Waals surface area (Å²) >= 11 is 0. The minimum atomic E-state index is -0.121. The molecule has 5 heteroatoms. The van der Waals surface area contributed by atoms with Crippen LogP contribution in [0, 0.1) is 5.41 Å². The van der Waals surface area contributed by atoms with Gasteiger partial charge in [0, 0.05) is 18.1 Å². The first-order chi connectivity index (χ1) is 9.07. The smallest absolute Gasteiger partial charge is 0.323 e. The lowest BCUT2D eigenvalue weighted by atomic mass is 10.0. The molecule has 3 atom stereocenters. The molecular weight excluding hydrogens is 244 g/mol. The van der Waals surface area contributed by atoms with E-state index in [4.69, 9.17) is 9.47 Å². The fourth-order valence-corrected chi connectivity index (χ4v) is 2.89. The predicted molar refractivity (Wildman–Crippen MR) is 73.0 cm³/mol. The molecule has 1 saturated carbocycles. The van der Waals surface area contributed by atoms with Crippen molar-refractivity contribution in [2.75, 3.05) is 40.5 Å². The Bertz CT molecular complexity index is 322. The first kappa shape index (κ1) is 14.8. The van der Waals surface area contributed by atoms with Crippen LogP contribution < -0.4 is 5.32 Å². The molecule has 1 N–H and O–H groups in total. The van der Waals surface area contributed by atoms with E-state index in [1.807, 2.05) is 6.92 Å². The summed E-state index contributed by atoms with van der Waals surface area (Å²) in [6, 6.07) is 0.333. The van der Waals surface area contributed by atoms with Crippen molar-refractivity contribution >= 4 is 5.97 Å². The minimum Gasteiger partial charge on any atom is -0.465 e. The quantitative estimate of drug-likeness (QED) is 0.518. The Morgan fingerprint density at radius 1 is 1.42 bits per heavy atom. The highest BCUT2D eigenvalue weighted by Gasteiger charge is 2.61. The Kier molecular flexibility index (Phi) is 4.81. The molecule has 2 rings (SSSR count). The monoisotopic (exact) mass is 270 g/mol. The third kappa shape index (κ3) is 3.68. The van der Waals surface area contributed by atoms with Gasteiger partial charge >= 0.3 is 5.97 Å². The van der Waals surface area contributed by atoms with E-state index in [0.717, 1.165) is 39.0 Å². The molecule has 0 spiro atoms. The summed E-state index contributed by atoms with van der Waals surface area (Å²) in [5.41, 5.74) is 0.204. The van der Waals surface area contributed by atoms with Crippen molar-refractivity contribution < 1.29 is 14.3 Å². The van der Waals surface area contributed by atoms with Gasteiger partial charge in [0.1, 0.15) is 6.04 Å². The number of nitrogens with zero attached hydrogens (tertiary/aromatic N) is 1. The second kappa shape index (κ2) is 6.20. The van der Waals surface area contributed by atoms with Gasteiger partial charge in [-0.1, -0.05) is 0 Å². The average molecular weight is 270 g/mol. The van der Waals surface area contributed by atoms with Crippen molar-refractivity contribution in [1.82, 2.24) is 10.2 Å². The van der Waals surface area contributed by atoms with Crippen LogP contribution in [0.3, 0.4) is 0 Å². The largest absolute Gasteiger partial charge is 0.465 e. The highest BCUT2D eigenvalue weighted by molar-refractivity contribution is 5.77. The van der Waals surface area contributed by atoms with Gasteiger partial charge in [0.15, 0.2) is 0 Å².